The van der Waals surface area contributed by atoms with E-state index < -0.39 is 84.1 Å². The highest BCUT2D eigenvalue weighted by Crippen LogP contribution is 2.28. The van der Waals surface area contributed by atoms with Gasteiger partial charge in [0, 0.05) is 0 Å². The lowest BCUT2D eigenvalue weighted by molar-refractivity contribution is -0.153. The highest BCUT2D eigenvalue weighted by Gasteiger charge is 2.45. The van der Waals surface area contributed by atoms with Crippen molar-refractivity contribution in [2.75, 3.05) is 13.2 Å². The van der Waals surface area contributed by atoms with Gasteiger partial charge in [-0.05, 0) is 32.2 Å². The highest BCUT2D eigenvalue weighted by molar-refractivity contribution is 5.92. The number of hydrogen-bond donors (Lipinski definition) is 7. The van der Waals surface area contributed by atoms with Crippen molar-refractivity contribution in [2.45, 2.75) is 82.7 Å². The van der Waals surface area contributed by atoms with Crippen molar-refractivity contribution in [2.24, 2.45) is 17.4 Å². The van der Waals surface area contributed by atoms with E-state index in [1.807, 2.05) is 0 Å². The second-order valence-corrected chi connectivity index (χ2v) is 9.67. The minimum Gasteiger partial charge on any atom is -0.461 e. The molecule has 18 heteroatoms. The summed E-state index contributed by atoms with van der Waals surface area (Å²) < 4.78 is 24.6. The van der Waals surface area contributed by atoms with E-state index in [0.29, 0.717) is 36.6 Å². The number of aromatic amines is 1. The molecule has 236 valence electrons. The number of esters is 1. The molecule has 1 aliphatic rings. The van der Waals surface area contributed by atoms with E-state index in [1.54, 1.807) is 18.8 Å². The molecule has 1 aromatic heterocycles. The summed E-state index contributed by atoms with van der Waals surface area (Å²) in [5.74, 6) is -3.74. The van der Waals surface area contributed by atoms with Gasteiger partial charge in [0.25, 0.3) is 5.56 Å². The Balaban J connectivity index is 0.00000800. The quantitative estimate of drug-likeness (QED) is 0.0907. The number of rotatable bonds is 13. The van der Waals surface area contributed by atoms with Crippen LogP contribution in [-0.4, -0.2) is 87.1 Å². The van der Waals surface area contributed by atoms with Crippen LogP contribution < -0.4 is 33.3 Å². The molecule has 0 radical (unpaired) electrons. The number of carbonyl (C=O) groups is 3. The third kappa shape index (κ3) is 10.3. The lowest BCUT2D eigenvalue weighted by Gasteiger charge is -2.25. The number of H-pyrrole nitrogens is 1. The molecule has 1 aliphatic heterocycles. The molecule has 0 saturated carbocycles. The Morgan fingerprint density at radius 2 is 1.76 bits per heavy atom. The third-order valence-electron chi connectivity index (χ3n) is 6.19. The van der Waals surface area contributed by atoms with E-state index in [4.69, 9.17) is 20.9 Å². The number of hydrogen-bond acceptors (Lipinski definition) is 11. The maximum absolute atomic E-state index is 13.6. The fourth-order valence-electron chi connectivity index (χ4n) is 3.83. The Bertz CT molecular complexity index is 1140. The van der Waals surface area contributed by atoms with Crippen molar-refractivity contribution >= 4 is 42.6 Å². The number of nitrogens with two attached hydrogens (primary N) is 2. The number of aliphatic hydroxyl groups excluding tert-OH is 2. The minimum absolute atomic E-state index is 0. The van der Waals surface area contributed by atoms with E-state index in [9.17, 15) is 38.6 Å². The number of aliphatic hydroxyl groups is 2. The second-order valence-electron chi connectivity index (χ2n) is 9.67. The Kier molecular flexibility index (Phi) is 16.3. The number of nitrogens with zero attached hydrogens (tertiary/aromatic N) is 1. The molecule has 2 unspecified atom stereocenters. The van der Waals surface area contributed by atoms with Gasteiger partial charge >= 0.3 is 11.7 Å². The average Bonchev–Trinajstić information content (AvgIpc) is 3.15. The highest BCUT2D eigenvalue weighted by atomic mass is 35.5. The molecule has 41 heavy (non-hydrogen) atoms. The van der Waals surface area contributed by atoms with Crippen LogP contribution >= 0.6 is 24.8 Å². The van der Waals surface area contributed by atoms with E-state index in [1.165, 1.54) is 6.92 Å². The van der Waals surface area contributed by atoms with Gasteiger partial charge in [-0.15, -0.1) is 24.8 Å². The van der Waals surface area contributed by atoms with Crippen molar-refractivity contribution in [3.63, 3.8) is 0 Å². The lowest BCUT2D eigenvalue weighted by atomic mass is 10.0. The van der Waals surface area contributed by atoms with Crippen LogP contribution in [-0.2, 0) is 23.9 Å². The molecule has 0 aromatic carbocycles. The number of nitrogens with one attached hydrogen (secondary N) is 3. The zero-order chi connectivity index (χ0) is 29.4. The van der Waals surface area contributed by atoms with Crippen molar-refractivity contribution in [3.05, 3.63) is 32.9 Å². The van der Waals surface area contributed by atoms with Gasteiger partial charge in [-0.2, -0.15) is 4.39 Å². The molecule has 0 bridgehead atoms. The Morgan fingerprint density at radius 1 is 1.12 bits per heavy atom. The number of carbonyl (C=O) groups excluding carboxylic acids is 3. The van der Waals surface area contributed by atoms with Crippen LogP contribution in [0.4, 0.5) is 4.39 Å². The fourth-order valence-corrected chi connectivity index (χ4v) is 3.83. The molecule has 1 saturated heterocycles. The van der Waals surface area contributed by atoms with Crippen LogP contribution in [0, 0.1) is 11.7 Å². The van der Waals surface area contributed by atoms with Gasteiger partial charge in [0.2, 0.25) is 17.6 Å². The van der Waals surface area contributed by atoms with Gasteiger partial charge in [-0.3, -0.25) is 23.9 Å². The van der Waals surface area contributed by atoms with E-state index >= 15 is 0 Å². The largest absolute Gasteiger partial charge is 0.461 e. The third-order valence-corrected chi connectivity index (χ3v) is 6.19. The molecule has 0 aliphatic carbocycles. The number of halogens is 3. The molecule has 2 rings (SSSR count). The van der Waals surface area contributed by atoms with Gasteiger partial charge in [-0.25, -0.2) is 9.59 Å². The summed E-state index contributed by atoms with van der Waals surface area (Å²) >= 11 is 0. The molecule has 1 aromatic rings. The van der Waals surface area contributed by atoms with Crippen molar-refractivity contribution in [1.82, 2.24) is 20.2 Å². The first-order valence-electron chi connectivity index (χ1n) is 12.5. The summed E-state index contributed by atoms with van der Waals surface area (Å²) in [6, 6.07) is -2.99. The van der Waals surface area contributed by atoms with Crippen molar-refractivity contribution < 1.29 is 38.5 Å². The molecule has 2 heterocycles. The molecule has 7 atom stereocenters. The van der Waals surface area contributed by atoms with Crippen LogP contribution in [0.3, 0.4) is 0 Å². The first-order chi connectivity index (χ1) is 18.3. The van der Waals surface area contributed by atoms with Gasteiger partial charge < -0.3 is 41.8 Å². The Labute approximate surface area is 247 Å². The van der Waals surface area contributed by atoms with Crippen molar-refractivity contribution in [1.29, 1.82) is 0 Å². The summed E-state index contributed by atoms with van der Waals surface area (Å²) in [6.07, 6.45) is -3.96. The first kappa shape index (κ1) is 38.4. The molecule has 15 nitrogen and oxygen atoms in total. The number of ether oxygens (including phenoxy) is 2. The van der Waals surface area contributed by atoms with Crippen LogP contribution in [0.15, 0.2) is 15.8 Å². The first-order valence-corrected chi connectivity index (χ1v) is 12.5. The zero-order valence-corrected chi connectivity index (χ0v) is 24.4. The van der Waals surface area contributed by atoms with Crippen LogP contribution in [0.5, 0.6) is 0 Å². The summed E-state index contributed by atoms with van der Waals surface area (Å²) in [5.41, 5.74) is 8.97. The van der Waals surface area contributed by atoms with Gasteiger partial charge in [-0.1, -0.05) is 20.3 Å². The number of amides is 2. The molecule has 2 amide bonds. The van der Waals surface area contributed by atoms with Gasteiger partial charge in [0.05, 0.1) is 12.2 Å². The fraction of sp³-hybridized carbons (Fsp3) is 0.696. The smallest absolute Gasteiger partial charge is 0.330 e. The maximum atomic E-state index is 13.6. The summed E-state index contributed by atoms with van der Waals surface area (Å²) in [4.78, 5) is 62.6. The molecule has 9 N–H and O–H groups in total. The zero-order valence-electron chi connectivity index (χ0n) is 22.8. The SMILES string of the molecule is CC(C)[C@H](NC(=O)[C@@H](N)CCCCN)C(=O)N[C@@H](C)C(=O)OC[C@@H]1O[C@H](n2cc(F)c(=O)[nH]c2=O)C(O)C1O.Cl.Cl. The summed E-state index contributed by atoms with van der Waals surface area (Å²) in [5, 5.41) is 25.5. The summed E-state index contributed by atoms with van der Waals surface area (Å²) in [6.45, 7) is 4.63. The standard InChI is InChI=1S/C23H37FN6O9.2ClH/c1-10(2)15(28-19(34)13(26)6-4-5-7-25)20(35)27-11(3)22(36)38-9-14-16(31)17(32)21(39-14)30-8-12(24)18(33)29-23(30)37;;/h8,10-11,13-17,21,31-32H,4-7,9,25-26H2,1-3H3,(H,27,35)(H,28,34)(H,29,33,37);2*1H/t11-,13-,14-,15-,16?,17?,21-;;/m0../s1. The predicted octanol–water partition coefficient (Wildman–Crippen LogP) is -2.22. The van der Waals surface area contributed by atoms with Crippen LogP contribution in [0.2, 0.25) is 0 Å². The monoisotopic (exact) mass is 632 g/mol. The van der Waals surface area contributed by atoms with Gasteiger partial charge in [0.1, 0.15) is 37.0 Å². The topological polar surface area (TPSA) is 241 Å². The van der Waals surface area contributed by atoms with Gasteiger partial charge in [0.15, 0.2) is 6.23 Å². The summed E-state index contributed by atoms with van der Waals surface area (Å²) in [7, 11) is 0. The molecule has 1 fully saturated rings. The maximum Gasteiger partial charge on any atom is 0.330 e. The normalized spacial score (nSPS) is 22.1. The minimum atomic E-state index is -1.72. The Morgan fingerprint density at radius 3 is 2.34 bits per heavy atom. The molecule has 0 spiro atoms. The van der Waals surface area contributed by atoms with E-state index in [-0.39, 0.29) is 30.7 Å². The van der Waals surface area contributed by atoms with E-state index in [0.717, 1.165) is 0 Å². The van der Waals surface area contributed by atoms with Crippen LogP contribution in [0.1, 0.15) is 46.3 Å². The Hall–Kier alpha value is -2.60. The molecular formula is C23H39Cl2FN6O9. The average molecular weight is 634 g/mol. The predicted molar refractivity (Wildman–Crippen MR) is 148 cm³/mol. The lowest BCUT2D eigenvalue weighted by Crippen LogP contribution is -2.56. The number of aromatic nitrogens is 2. The van der Waals surface area contributed by atoms with E-state index in [2.05, 4.69) is 10.6 Å². The molecular weight excluding hydrogens is 594 g/mol. The second kappa shape index (κ2) is 17.4. The number of unbranched alkanes of at least 4 members (excludes halogenated alkanes) is 1. The van der Waals surface area contributed by atoms with Crippen molar-refractivity contribution in [3.8, 4) is 0 Å². The van der Waals surface area contributed by atoms with Crippen LogP contribution in [0.25, 0.3) is 0 Å².